The molecule has 1 rings (SSSR count). The van der Waals surface area contributed by atoms with Gasteiger partial charge in [-0.1, -0.05) is 0 Å². The lowest BCUT2D eigenvalue weighted by Gasteiger charge is -2.08. The van der Waals surface area contributed by atoms with Crippen molar-refractivity contribution < 1.29 is 5.06 Å². The van der Waals surface area contributed by atoms with E-state index in [9.17, 15) is 5.21 Å². The Hall–Kier alpha value is -0.600. The molecule has 1 N–H and O–H groups in total. The number of hydrogen-bond acceptors (Lipinski definition) is 1. The van der Waals surface area contributed by atoms with Gasteiger partial charge in [0.2, 0.25) is 0 Å². The normalized spacial score (nSPS) is 19.9. The Bertz CT molecular complexity index is 122. The molecule has 44 valence electrons. The van der Waals surface area contributed by atoms with Crippen molar-refractivity contribution in [3.63, 3.8) is 0 Å². The molecule has 0 saturated heterocycles. The summed E-state index contributed by atoms with van der Waals surface area (Å²) < 4.78 is 0. The molecule has 2 heteroatoms. The van der Waals surface area contributed by atoms with Crippen LogP contribution in [0.5, 0.6) is 0 Å². The van der Waals surface area contributed by atoms with Gasteiger partial charge in [-0.2, -0.15) is 0 Å². The number of hydroxylamine groups is 2. The zero-order chi connectivity index (χ0) is 5.98. The van der Waals surface area contributed by atoms with Gasteiger partial charge in [0.25, 0.3) is 0 Å². The zero-order valence-electron chi connectivity index (χ0n) is 4.68. The molecule has 0 heterocycles. The van der Waals surface area contributed by atoms with E-state index in [0.29, 0.717) is 0 Å². The fourth-order valence-corrected chi connectivity index (χ4v) is 0.477. The topological polar surface area (TPSA) is 27.5 Å². The second-order valence-corrected chi connectivity index (χ2v) is 1.91. The minimum absolute atomic E-state index is 0.0394. The van der Waals surface area contributed by atoms with Crippen molar-refractivity contribution in [3.05, 3.63) is 29.8 Å². The Morgan fingerprint density at radius 3 is 2.62 bits per heavy atom. The Morgan fingerprint density at radius 1 is 1.62 bits per heavy atom. The van der Waals surface area contributed by atoms with Gasteiger partial charge in [-0.25, -0.2) is 0 Å². The molecule has 8 heavy (non-hydrogen) atoms. The van der Waals surface area contributed by atoms with Gasteiger partial charge in [0.05, 0.1) is 12.4 Å². The molecule has 0 aromatic heterocycles. The predicted molar refractivity (Wildman–Crippen MR) is 31.8 cm³/mol. The summed E-state index contributed by atoms with van der Waals surface area (Å²) in [6.07, 6.45) is 5.22. The molecule has 1 fully saturated rings. The molecule has 1 unspecified atom stereocenters. The molecular formula is C6H9NO. The van der Waals surface area contributed by atoms with Gasteiger partial charge < -0.3 is 10.3 Å². The molecule has 0 aromatic rings. The first-order valence-corrected chi connectivity index (χ1v) is 2.69. The van der Waals surface area contributed by atoms with Gasteiger partial charge >= 0.3 is 0 Å². The Balaban J connectivity index is 2.35. The first-order valence-electron chi connectivity index (χ1n) is 2.69. The molecule has 0 aromatic carbocycles. The maximum absolute atomic E-state index is 10.5. The van der Waals surface area contributed by atoms with Crippen LogP contribution in [0.15, 0.2) is 24.6 Å². The lowest BCUT2D eigenvalue weighted by atomic mass is 10.6. The highest BCUT2D eigenvalue weighted by atomic mass is 16.5. The van der Waals surface area contributed by atoms with E-state index in [0.717, 1.165) is 12.8 Å². The van der Waals surface area contributed by atoms with Crippen LogP contribution in [0.4, 0.5) is 0 Å². The molecular weight excluding hydrogens is 102 g/mol. The van der Waals surface area contributed by atoms with Crippen molar-refractivity contribution >= 4 is 0 Å². The molecule has 0 aliphatic heterocycles. The summed E-state index contributed by atoms with van der Waals surface area (Å²) in [5, 5.41) is 10.5. The van der Waals surface area contributed by atoms with E-state index in [-0.39, 0.29) is 5.06 Å². The van der Waals surface area contributed by atoms with Gasteiger partial charge in [-0.15, -0.1) is 0 Å². The maximum Gasteiger partial charge on any atom is 0.0980 e. The Labute approximate surface area is 48.7 Å². The molecule has 1 atom stereocenters. The standard InChI is InChI=1S/C6H9NO/c1-2-7(8)5-6-3-4-6/h2,5,7H,1,3-4H2. The highest BCUT2D eigenvalue weighted by Gasteiger charge is 2.12. The lowest BCUT2D eigenvalue weighted by molar-refractivity contribution is -0.729. The number of nitrogens with one attached hydrogen (secondary N) is 1. The molecule has 1 saturated carbocycles. The predicted octanol–water partition coefficient (Wildman–Crippen LogP) is 0.190. The lowest BCUT2D eigenvalue weighted by Crippen LogP contribution is -2.96. The van der Waals surface area contributed by atoms with Crippen LogP contribution in [0, 0.1) is 5.21 Å². The monoisotopic (exact) mass is 111 g/mol. The van der Waals surface area contributed by atoms with Crippen LogP contribution in [0.2, 0.25) is 0 Å². The Kier molecular flexibility index (Phi) is 1.46. The number of rotatable bonds is 2. The third-order valence-corrected chi connectivity index (χ3v) is 1.09. The van der Waals surface area contributed by atoms with E-state index in [1.54, 1.807) is 6.20 Å². The first kappa shape index (κ1) is 5.54. The third-order valence-electron chi connectivity index (χ3n) is 1.09. The third kappa shape index (κ3) is 1.48. The van der Waals surface area contributed by atoms with Crippen molar-refractivity contribution in [2.75, 3.05) is 0 Å². The smallest absolute Gasteiger partial charge is 0.0980 e. The summed E-state index contributed by atoms with van der Waals surface area (Å²) in [5.41, 5.74) is 1.26. The summed E-state index contributed by atoms with van der Waals surface area (Å²) >= 11 is 0. The van der Waals surface area contributed by atoms with E-state index < -0.39 is 0 Å². The second kappa shape index (κ2) is 2.11. The second-order valence-electron chi connectivity index (χ2n) is 1.91. The summed E-state index contributed by atoms with van der Waals surface area (Å²) in [4.78, 5) is 0. The SMILES string of the molecule is C=C[NH+]([O-])C=C1CC1. The van der Waals surface area contributed by atoms with Crippen molar-refractivity contribution in [2.24, 2.45) is 0 Å². The van der Waals surface area contributed by atoms with Crippen molar-refractivity contribution in [1.82, 2.24) is 0 Å². The largest absolute Gasteiger partial charge is 0.624 e. The molecule has 0 amide bonds. The van der Waals surface area contributed by atoms with E-state index in [1.807, 2.05) is 0 Å². The highest BCUT2D eigenvalue weighted by molar-refractivity contribution is 5.12. The number of quaternary nitrogens is 1. The van der Waals surface area contributed by atoms with E-state index in [1.165, 1.54) is 11.8 Å². The van der Waals surface area contributed by atoms with Crippen LogP contribution in [-0.4, -0.2) is 0 Å². The first-order chi connectivity index (χ1) is 3.83. The van der Waals surface area contributed by atoms with Gasteiger partial charge in [0.1, 0.15) is 0 Å². The minimum atomic E-state index is 0.0394. The van der Waals surface area contributed by atoms with Gasteiger partial charge in [-0.3, -0.25) is 0 Å². The maximum atomic E-state index is 10.5. The molecule has 1 aliphatic rings. The van der Waals surface area contributed by atoms with Crippen LogP contribution >= 0.6 is 0 Å². The number of hydrogen-bond donors (Lipinski definition) is 1. The zero-order valence-corrected chi connectivity index (χ0v) is 4.68. The van der Waals surface area contributed by atoms with Crippen molar-refractivity contribution in [2.45, 2.75) is 12.8 Å². The van der Waals surface area contributed by atoms with Gasteiger partial charge in [0.15, 0.2) is 0 Å². The summed E-state index contributed by atoms with van der Waals surface area (Å²) in [5.74, 6) is 0. The van der Waals surface area contributed by atoms with E-state index in [4.69, 9.17) is 0 Å². The molecule has 0 spiro atoms. The molecule has 2 nitrogen and oxygen atoms in total. The van der Waals surface area contributed by atoms with E-state index in [2.05, 4.69) is 6.58 Å². The molecule has 1 aliphatic carbocycles. The fraction of sp³-hybridized carbons (Fsp3) is 0.333. The highest BCUT2D eigenvalue weighted by Crippen LogP contribution is 2.25. The molecule has 0 radical (unpaired) electrons. The van der Waals surface area contributed by atoms with Gasteiger partial charge in [0, 0.05) is 0 Å². The minimum Gasteiger partial charge on any atom is -0.624 e. The quantitative estimate of drug-likeness (QED) is 0.506. The molecule has 0 bridgehead atoms. The van der Waals surface area contributed by atoms with Crippen molar-refractivity contribution in [1.29, 1.82) is 0 Å². The average Bonchev–Trinajstić information content (AvgIpc) is 2.50. The van der Waals surface area contributed by atoms with Crippen LogP contribution in [-0.2, 0) is 0 Å². The van der Waals surface area contributed by atoms with Crippen molar-refractivity contribution in [3.8, 4) is 0 Å². The van der Waals surface area contributed by atoms with Crippen LogP contribution in [0.3, 0.4) is 0 Å². The summed E-state index contributed by atoms with van der Waals surface area (Å²) in [6.45, 7) is 3.35. The summed E-state index contributed by atoms with van der Waals surface area (Å²) in [6, 6.07) is 0. The Morgan fingerprint density at radius 2 is 2.25 bits per heavy atom. The van der Waals surface area contributed by atoms with E-state index >= 15 is 0 Å². The average molecular weight is 111 g/mol. The van der Waals surface area contributed by atoms with Gasteiger partial charge in [-0.05, 0) is 25.0 Å². The van der Waals surface area contributed by atoms with Crippen LogP contribution in [0.1, 0.15) is 12.8 Å². The fourth-order valence-electron chi connectivity index (χ4n) is 0.477. The van der Waals surface area contributed by atoms with Crippen LogP contribution < -0.4 is 5.06 Å². The van der Waals surface area contributed by atoms with Crippen LogP contribution in [0.25, 0.3) is 0 Å². The number of allylic oxidation sites excluding steroid dienone is 1. The summed E-state index contributed by atoms with van der Waals surface area (Å²) in [7, 11) is 0.